The van der Waals surface area contributed by atoms with Gasteiger partial charge in [-0.1, -0.05) is 24.1 Å². The lowest BCUT2D eigenvalue weighted by Gasteiger charge is -2.35. The number of aliphatic carboxylic acids is 3. The molecule has 1 rings (SSSR count). The zero-order valence-electron chi connectivity index (χ0n) is 73.3. The number of carbonyl (C=O) groups is 15. The molecule has 10 amide bonds. The molecule has 1 aromatic carbocycles. The summed E-state index contributed by atoms with van der Waals surface area (Å²) < 4.78 is 9.41. The number of amides is 10. The summed E-state index contributed by atoms with van der Waals surface area (Å²) in [5.41, 5.74) is 0.698. The first-order chi connectivity index (χ1) is 60.5. The molecular weight excluding hydrogens is 2000 g/mol. The molecule has 30 nitrogen and oxygen atoms in total. The van der Waals surface area contributed by atoms with E-state index in [-0.39, 0.29) is 181 Å². The lowest BCUT2D eigenvalue weighted by molar-refractivity contribution is -0.144. The van der Waals surface area contributed by atoms with Crippen molar-refractivity contribution < 1.29 is 96.7 Å². The molecule has 1 aromatic rings. The lowest BCUT2D eigenvalue weighted by atomic mass is 9.84. The minimum Gasteiger partial charge on any atom is -0.481 e. The van der Waals surface area contributed by atoms with Crippen LogP contribution in [0.25, 0.3) is 0 Å². The fourth-order valence-corrected chi connectivity index (χ4v) is 17.9. The topological polar surface area (TPSA) is 455 Å². The maximum absolute atomic E-state index is 12.4. The van der Waals surface area contributed by atoms with Crippen molar-refractivity contribution in [1.82, 2.24) is 53.2 Å². The number of ether oxygens (including phenoxy) is 2. The molecule has 0 aliphatic carbocycles. The third-order valence-corrected chi connectivity index (χ3v) is 25.4. The number of ketones is 2. The summed E-state index contributed by atoms with van der Waals surface area (Å²) in [7, 11) is 0. The zero-order chi connectivity index (χ0) is 98.3. The van der Waals surface area contributed by atoms with E-state index in [1.54, 1.807) is 19.1 Å². The summed E-state index contributed by atoms with van der Waals surface area (Å²) in [5, 5.41) is 52.6. The monoisotopic (exact) mass is 2140 g/mol. The highest BCUT2D eigenvalue weighted by molar-refractivity contribution is 7.84. The number of Topliss-reactive ketones (excluding diaryl/α,β-unsaturated/α-hetero) is 2. The summed E-state index contributed by atoms with van der Waals surface area (Å²) in [6, 6.07) is 7.18. The second-order valence-electron chi connectivity index (χ2n) is 29.3. The van der Waals surface area contributed by atoms with E-state index in [2.05, 4.69) is 285 Å². The molecule has 0 saturated carbocycles. The van der Waals surface area contributed by atoms with Gasteiger partial charge in [-0.3, -0.25) is 62.3 Å². The second kappa shape index (κ2) is 88.8. The average Bonchev–Trinajstić information content (AvgIpc) is 0.863. The Morgan fingerprint density at radius 2 is 0.750 bits per heavy atom. The molecule has 48 heteroatoms. The van der Waals surface area contributed by atoms with Gasteiger partial charge in [0.2, 0.25) is 53.2 Å². The fourth-order valence-electron chi connectivity index (χ4n) is 10.5. The number of benzene rings is 1. The molecular formula is C80H144N10O20S18. The normalized spacial score (nSPS) is 12.5. The van der Waals surface area contributed by atoms with E-state index in [0.717, 1.165) is 154 Å². The smallest absolute Gasteiger partial charge is 0.329 e. The molecule has 0 fully saturated rings. The Bertz CT molecular complexity index is 3150. The van der Waals surface area contributed by atoms with Crippen molar-refractivity contribution in [3.05, 3.63) is 35.4 Å². The highest BCUT2D eigenvalue weighted by Gasteiger charge is 2.31. The predicted molar refractivity (Wildman–Crippen MR) is 574 cm³/mol. The number of carboxylic acid groups (broad SMARTS) is 3. The number of carbonyl (C=O) groups excluding carboxylic acids is 12. The van der Waals surface area contributed by atoms with Gasteiger partial charge in [-0.15, -0.1) is 0 Å². The van der Waals surface area contributed by atoms with Crippen LogP contribution in [-0.4, -0.2) is 294 Å². The van der Waals surface area contributed by atoms with Crippen LogP contribution in [0.4, 0.5) is 0 Å². The number of hydrogen-bond acceptors (Lipinski definition) is 35. The van der Waals surface area contributed by atoms with Crippen molar-refractivity contribution in [2.45, 2.75) is 217 Å². The first-order valence-electron chi connectivity index (χ1n) is 41.6. The van der Waals surface area contributed by atoms with Gasteiger partial charge in [-0.2, -0.15) is 227 Å². The standard InChI is InChI=1S/C17H32N2O4S3.C17H26N2O2S3.C13H24N2O4S3.C12H22N2O5S3.C11H20N2O4S3.C10H20OS3/c20-14(5-1-6-16(22)23)18-13-15(21)19-17(7-2-10-24,8-3-11-25)9-4-12-26;1-12-4-6-13(7-5-12)17(21)18-11-16(20)19-14(3-2-9-22)15(24)8-10-23;16-11(2-1-3-13(18)19)15-8-12(17)14-7-10(22)6-9(21)4-5-20;15-10(5-14-11(16)6-19-7-12(17)18)13-4-9(22)3-8(21)1-2-20;1-8(14)3-17-4-10(16)12-2-9(15)13-11(5-18,6-19)7-20;1-8(11)4-2-3-5-10(14)9(6-12)7-13/h24-26H,1-13H2,(H,18,20)(H,19,21)(H,22,23);4-7,14-15,22-24H,2-3,8-11H2,1H3,(H,18,21)(H,19,20);9-10,20-22H,1-8H2,(H,14,17)(H,15,16)(H,18,19);8-9,20-22H,1-7H2,(H,13,15)(H,14,16)(H,17,18);18-20H,2-7H2,1H3,(H,12,16)(H,13,15);9-10,12-14H,2-7H2,1H3. The summed E-state index contributed by atoms with van der Waals surface area (Å²) in [6.07, 6.45) is 15.3. The van der Waals surface area contributed by atoms with Crippen LogP contribution in [0, 0.1) is 12.8 Å². The van der Waals surface area contributed by atoms with Gasteiger partial charge in [0.05, 0.1) is 38.3 Å². The van der Waals surface area contributed by atoms with Crippen molar-refractivity contribution in [3.63, 3.8) is 0 Å². The van der Waals surface area contributed by atoms with E-state index in [1.165, 1.54) is 6.92 Å². The first kappa shape index (κ1) is 134. The Kier molecular flexibility index (Phi) is 93.3. The Labute approximate surface area is 857 Å². The quantitative estimate of drug-likeness (QED) is 0.0221. The summed E-state index contributed by atoms with van der Waals surface area (Å²) >= 11 is 77.1. The van der Waals surface area contributed by atoms with E-state index in [9.17, 15) is 71.9 Å². The molecule has 0 bridgehead atoms. The van der Waals surface area contributed by atoms with Crippen LogP contribution >= 0.6 is 227 Å². The number of aryl methyl sites for hydroxylation is 1. The van der Waals surface area contributed by atoms with E-state index < -0.39 is 48.5 Å². The van der Waals surface area contributed by atoms with Crippen LogP contribution in [0.15, 0.2) is 24.3 Å². The van der Waals surface area contributed by atoms with Crippen LogP contribution < -0.4 is 53.2 Å². The van der Waals surface area contributed by atoms with Crippen LogP contribution in [-0.2, 0) is 76.6 Å². The average molecular weight is 2140 g/mol. The highest BCUT2D eigenvalue weighted by Crippen LogP contribution is 2.27. The summed E-state index contributed by atoms with van der Waals surface area (Å²) in [4.78, 5) is 169. The summed E-state index contributed by atoms with van der Waals surface area (Å²) in [5.74, 6) is 2.27. The number of unbranched alkanes of at least 4 members (excludes halogenated alkanes) is 1. The Balaban J connectivity index is -0.000000476. The molecule has 13 N–H and O–H groups in total. The van der Waals surface area contributed by atoms with E-state index in [1.807, 2.05) is 19.1 Å². The van der Waals surface area contributed by atoms with Crippen LogP contribution in [0.1, 0.15) is 177 Å². The SMILES string of the molecule is CC(=O)CCCCC(S)C(CS)CS.CC(=O)COCC(=O)NCC(=O)NC(CS)(CS)CS.Cc1ccc(C(=O)NCC(=O)NC(CCCS)C(S)CCS)cc1.O=C(O)CCCC(=O)NCC(=O)NC(CCCS)(CCCS)CCCS.O=C(O)CCCC(=O)NCC(=O)NCC(S)CC(S)CCS.O=C(O)COCC(=O)NCC(=O)NCC(S)CC(S)CCS. The Morgan fingerprint density at radius 3 is 1.12 bits per heavy atom. The van der Waals surface area contributed by atoms with Crippen LogP contribution in [0.3, 0.4) is 0 Å². The van der Waals surface area contributed by atoms with Gasteiger partial charge in [-0.05, 0) is 200 Å². The number of hydrogen-bond donors (Lipinski definition) is 31. The van der Waals surface area contributed by atoms with Gasteiger partial charge in [0, 0.05) is 111 Å². The molecule has 0 aromatic heterocycles. The molecule has 0 saturated heterocycles. The molecule has 0 aliphatic heterocycles. The third kappa shape index (κ3) is 84.4. The van der Waals surface area contributed by atoms with E-state index in [0.29, 0.717) is 59.3 Å². The minimum absolute atomic E-state index is 0.00222. The molecule has 0 aliphatic rings. The van der Waals surface area contributed by atoms with Gasteiger partial charge < -0.3 is 82.8 Å². The van der Waals surface area contributed by atoms with Crippen molar-refractivity contribution >= 4 is 316 Å². The van der Waals surface area contributed by atoms with Gasteiger partial charge in [0.25, 0.3) is 5.91 Å². The summed E-state index contributed by atoms with van der Waals surface area (Å²) in [6.45, 7) is 3.74. The molecule has 7 unspecified atom stereocenters. The molecule has 0 heterocycles. The molecule has 7 atom stereocenters. The minimum atomic E-state index is -1.16. The first-order valence-corrected chi connectivity index (χ1v) is 52.3. The molecule has 0 spiro atoms. The van der Waals surface area contributed by atoms with Crippen molar-refractivity contribution in [1.29, 1.82) is 0 Å². The molecule has 0 radical (unpaired) electrons. The maximum Gasteiger partial charge on any atom is 0.329 e. The second-order valence-corrected chi connectivity index (χ2v) is 38.4. The number of thiol groups is 18. The third-order valence-electron chi connectivity index (χ3n) is 17.5. The van der Waals surface area contributed by atoms with Crippen molar-refractivity contribution in [3.8, 4) is 0 Å². The zero-order valence-corrected chi connectivity index (χ0v) is 89.4. The Morgan fingerprint density at radius 1 is 0.352 bits per heavy atom. The predicted octanol–water partition coefficient (Wildman–Crippen LogP) is 7.55. The van der Waals surface area contributed by atoms with Crippen LogP contribution in [0.2, 0.25) is 0 Å². The number of rotatable bonds is 68. The van der Waals surface area contributed by atoms with Crippen molar-refractivity contribution in [2.24, 2.45) is 5.92 Å². The van der Waals surface area contributed by atoms with E-state index >= 15 is 0 Å². The highest BCUT2D eigenvalue weighted by atomic mass is 32.1. The number of nitrogens with one attached hydrogen (secondary N) is 10. The van der Waals surface area contributed by atoms with Crippen LogP contribution in [0.5, 0.6) is 0 Å². The van der Waals surface area contributed by atoms with Gasteiger partial charge in [0.1, 0.15) is 32.2 Å². The lowest BCUT2D eigenvalue weighted by Crippen LogP contribution is -2.55. The Hall–Kier alpha value is -2.11. The van der Waals surface area contributed by atoms with Gasteiger partial charge >= 0.3 is 17.9 Å². The number of carboxylic acids is 3. The van der Waals surface area contributed by atoms with Crippen molar-refractivity contribution in [2.75, 3.05) is 141 Å². The van der Waals surface area contributed by atoms with Gasteiger partial charge in [-0.25, -0.2) is 4.79 Å². The maximum atomic E-state index is 12.4. The fraction of sp³-hybridized carbons (Fsp3) is 0.738. The largest absolute Gasteiger partial charge is 0.481 e. The molecule has 128 heavy (non-hydrogen) atoms. The van der Waals surface area contributed by atoms with Gasteiger partial charge in [0.15, 0.2) is 5.78 Å². The van der Waals surface area contributed by atoms with E-state index in [4.69, 9.17) is 20.1 Å². The molecule has 742 valence electrons.